The second kappa shape index (κ2) is 5.75. The lowest BCUT2D eigenvalue weighted by Gasteiger charge is -2.22. The molecule has 0 fully saturated rings. The molecule has 1 unspecified atom stereocenters. The van der Waals surface area contributed by atoms with E-state index in [9.17, 15) is 19.8 Å². The molecule has 1 aromatic carbocycles. The normalized spacial score (nSPS) is 16.7. The number of aromatic nitrogens is 2. The third-order valence-electron chi connectivity index (χ3n) is 4.06. The second-order valence-electron chi connectivity index (χ2n) is 5.39. The molecule has 0 radical (unpaired) electrons. The SMILES string of the molecule is COc1ccc(-c2nc(C(=O)O)c3n2CCCC3C(=O)O)cc1. The Morgan fingerprint density at radius 3 is 2.52 bits per heavy atom. The predicted molar refractivity (Wildman–Crippen MR) is 80.8 cm³/mol. The molecular weight excluding hydrogens is 300 g/mol. The molecule has 2 heterocycles. The first kappa shape index (κ1) is 15.1. The third kappa shape index (κ3) is 2.54. The summed E-state index contributed by atoms with van der Waals surface area (Å²) in [7, 11) is 1.56. The predicted octanol–water partition coefficient (Wildman–Crippen LogP) is 2.22. The summed E-state index contributed by atoms with van der Waals surface area (Å²) in [6.45, 7) is 0.556. The Hall–Kier alpha value is -2.83. The first-order chi connectivity index (χ1) is 11.0. The number of hydrogen-bond acceptors (Lipinski definition) is 4. The molecule has 2 aromatic rings. The highest BCUT2D eigenvalue weighted by molar-refractivity contribution is 5.91. The van der Waals surface area contributed by atoms with Gasteiger partial charge in [0.1, 0.15) is 11.6 Å². The summed E-state index contributed by atoms with van der Waals surface area (Å²) >= 11 is 0. The van der Waals surface area contributed by atoms with Crippen LogP contribution in [0.2, 0.25) is 0 Å². The van der Waals surface area contributed by atoms with Crippen LogP contribution in [-0.2, 0) is 11.3 Å². The van der Waals surface area contributed by atoms with Gasteiger partial charge in [-0.2, -0.15) is 0 Å². The molecule has 0 bridgehead atoms. The Morgan fingerprint density at radius 2 is 1.96 bits per heavy atom. The number of carboxylic acids is 2. The molecule has 2 N–H and O–H groups in total. The molecule has 1 atom stereocenters. The maximum absolute atomic E-state index is 11.5. The zero-order chi connectivity index (χ0) is 16.6. The van der Waals surface area contributed by atoms with Gasteiger partial charge in [0.2, 0.25) is 0 Å². The van der Waals surface area contributed by atoms with Crippen molar-refractivity contribution in [1.29, 1.82) is 0 Å². The van der Waals surface area contributed by atoms with Gasteiger partial charge in [0, 0.05) is 12.1 Å². The van der Waals surface area contributed by atoms with Crippen LogP contribution in [0.1, 0.15) is 34.9 Å². The van der Waals surface area contributed by atoms with E-state index in [-0.39, 0.29) is 11.4 Å². The summed E-state index contributed by atoms with van der Waals surface area (Å²) in [5, 5.41) is 18.8. The summed E-state index contributed by atoms with van der Waals surface area (Å²) in [6, 6.07) is 7.08. The summed E-state index contributed by atoms with van der Waals surface area (Å²) < 4.78 is 6.83. The van der Waals surface area contributed by atoms with Crippen molar-refractivity contribution in [3.63, 3.8) is 0 Å². The molecule has 1 aliphatic heterocycles. The molecule has 0 aliphatic carbocycles. The average molecular weight is 316 g/mol. The van der Waals surface area contributed by atoms with E-state index < -0.39 is 17.9 Å². The van der Waals surface area contributed by atoms with Crippen LogP contribution in [-0.4, -0.2) is 38.8 Å². The van der Waals surface area contributed by atoms with Gasteiger partial charge in [0.25, 0.3) is 0 Å². The van der Waals surface area contributed by atoms with Crippen molar-refractivity contribution >= 4 is 11.9 Å². The first-order valence-corrected chi connectivity index (χ1v) is 7.24. The molecule has 1 aliphatic rings. The monoisotopic (exact) mass is 316 g/mol. The lowest BCUT2D eigenvalue weighted by Crippen LogP contribution is -2.24. The highest BCUT2D eigenvalue weighted by atomic mass is 16.5. The Labute approximate surface area is 132 Å². The number of imidazole rings is 1. The van der Waals surface area contributed by atoms with Crippen LogP contribution >= 0.6 is 0 Å². The maximum atomic E-state index is 11.5. The molecule has 7 heteroatoms. The number of fused-ring (bicyclic) bond motifs is 1. The number of nitrogens with zero attached hydrogens (tertiary/aromatic N) is 2. The molecular formula is C16H16N2O5. The summed E-state index contributed by atoms with van der Waals surface area (Å²) in [4.78, 5) is 27.2. The average Bonchev–Trinajstić information content (AvgIpc) is 2.94. The number of hydrogen-bond donors (Lipinski definition) is 2. The number of carboxylic acid groups (broad SMARTS) is 2. The quantitative estimate of drug-likeness (QED) is 0.896. The van der Waals surface area contributed by atoms with Crippen LogP contribution in [0.5, 0.6) is 5.75 Å². The van der Waals surface area contributed by atoms with Crippen LogP contribution in [0, 0.1) is 0 Å². The van der Waals surface area contributed by atoms with Gasteiger partial charge in [0.05, 0.1) is 18.7 Å². The fourth-order valence-corrected chi connectivity index (χ4v) is 2.99. The van der Waals surface area contributed by atoms with Crippen molar-refractivity contribution in [3.05, 3.63) is 35.7 Å². The fourth-order valence-electron chi connectivity index (χ4n) is 2.99. The van der Waals surface area contributed by atoms with Gasteiger partial charge >= 0.3 is 11.9 Å². The van der Waals surface area contributed by atoms with Gasteiger partial charge < -0.3 is 19.5 Å². The zero-order valence-corrected chi connectivity index (χ0v) is 12.5. The minimum atomic E-state index is -1.21. The standard InChI is InChI=1S/C16H16N2O5/c1-23-10-6-4-9(5-7-10)14-17-12(16(21)22)13-11(15(19)20)3-2-8-18(13)14/h4-7,11H,2-3,8H2,1H3,(H,19,20)(H,21,22). The van der Waals surface area contributed by atoms with Crippen molar-refractivity contribution < 1.29 is 24.5 Å². The zero-order valence-electron chi connectivity index (χ0n) is 12.5. The molecule has 3 rings (SSSR count). The highest BCUT2D eigenvalue weighted by Crippen LogP contribution is 2.35. The minimum Gasteiger partial charge on any atom is -0.497 e. The first-order valence-electron chi connectivity index (χ1n) is 7.24. The maximum Gasteiger partial charge on any atom is 0.356 e. The summed E-state index contributed by atoms with van der Waals surface area (Å²) in [6.07, 6.45) is 1.09. The Balaban J connectivity index is 2.16. The smallest absolute Gasteiger partial charge is 0.356 e. The second-order valence-corrected chi connectivity index (χ2v) is 5.39. The molecule has 1 aromatic heterocycles. The van der Waals surface area contributed by atoms with Crippen molar-refractivity contribution in [3.8, 4) is 17.1 Å². The number of methoxy groups -OCH3 is 1. The lowest BCUT2D eigenvalue weighted by atomic mass is 9.94. The Bertz CT molecular complexity index is 764. The van der Waals surface area contributed by atoms with E-state index in [4.69, 9.17) is 4.74 Å². The van der Waals surface area contributed by atoms with E-state index in [1.54, 1.807) is 35.9 Å². The van der Waals surface area contributed by atoms with Crippen molar-refractivity contribution in [1.82, 2.24) is 9.55 Å². The molecule has 0 saturated heterocycles. The molecule has 120 valence electrons. The number of ether oxygens (including phenoxy) is 1. The van der Waals surface area contributed by atoms with E-state index in [1.807, 2.05) is 0 Å². The summed E-state index contributed by atoms with van der Waals surface area (Å²) in [5.41, 5.74) is 0.829. The van der Waals surface area contributed by atoms with Gasteiger partial charge in [0.15, 0.2) is 5.69 Å². The van der Waals surface area contributed by atoms with Crippen LogP contribution in [0.3, 0.4) is 0 Å². The van der Waals surface area contributed by atoms with Gasteiger partial charge in [-0.1, -0.05) is 0 Å². The van der Waals surface area contributed by atoms with E-state index >= 15 is 0 Å². The number of rotatable bonds is 4. The topological polar surface area (TPSA) is 102 Å². The minimum absolute atomic E-state index is 0.178. The third-order valence-corrected chi connectivity index (χ3v) is 4.06. The van der Waals surface area contributed by atoms with Crippen molar-refractivity contribution in [2.24, 2.45) is 0 Å². The molecule has 0 amide bonds. The Kier molecular flexibility index (Phi) is 3.77. The van der Waals surface area contributed by atoms with Gasteiger partial charge in [-0.25, -0.2) is 9.78 Å². The Morgan fingerprint density at radius 1 is 1.26 bits per heavy atom. The van der Waals surface area contributed by atoms with Gasteiger partial charge in [-0.15, -0.1) is 0 Å². The fraction of sp³-hybridized carbons (Fsp3) is 0.312. The van der Waals surface area contributed by atoms with E-state index in [0.717, 1.165) is 5.56 Å². The largest absolute Gasteiger partial charge is 0.497 e. The number of carbonyl (C=O) groups is 2. The van der Waals surface area contributed by atoms with Crippen molar-refractivity contribution in [2.45, 2.75) is 25.3 Å². The van der Waals surface area contributed by atoms with E-state index in [2.05, 4.69) is 4.98 Å². The number of aliphatic carboxylic acids is 1. The number of benzene rings is 1. The number of aromatic carboxylic acids is 1. The van der Waals surface area contributed by atoms with Crippen LogP contribution in [0.4, 0.5) is 0 Å². The van der Waals surface area contributed by atoms with Gasteiger partial charge in [-0.3, -0.25) is 4.79 Å². The summed E-state index contributed by atoms with van der Waals surface area (Å²) in [5.74, 6) is -1.90. The highest BCUT2D eigenvalue weighted by Gasteiger charge is 2.35. The van der Waals surface area contributed by atoms with E-state index in [0.29, 0.717) is 31.0 Å². The molecule has 0 spiro atoms. The van der Waals surface area contributed by atoms with Crippen LogP contribution < -0.4 is 4.74 Å². The van der Waals surface area contributed by atoms with Crippen LogP contribution in [0.15, 0.2) is 24.3 Å². The van der Waals surface area contributed by atoms with Crippen molar-refractivity contribution in [2.75, 3.05) is 7.11 Å². The van der Waals surface area contributed by atoms with E-state index in [1.165, 1.54) is 0 Å². The van der Waals surface area contributed by atoms with Gasteiger partial charge in [-0.05, 0) is 37.1 Å². The molecule has 7 nitrogen and oxygen atoms in total. The molecule has 23 heavy (non-hydrogen) atoms. The lowest BCUT2D eigenvalue weighted by molar-refractivity contribution is -0.139. The van der Waals surface area contributed by atoms with Crippen LogP contribution in [0.25, 0.3) is 11.4 Å². The molecule has 0 saturated carbocycles.